The fourth-order valence-electron chi connectivity index (χ4n) is 2.84. The Kier molecular flexibility index (Phi) is 5.77. The Morgan fingerprint density at radius 2 is 1.41 bits per heavy atom. The molecule has 0 aliphatic carbocycles. The summed E-state index contributed by atoms with van der Waals surface area (Å²) in [6.45, 7) is 2.07. The molecule has 29 heavy (non-hydrogen) atoms. The van der Waals surface area contributed by atoms with E-state index in [1.165, 1.54) is 5.56 Å². The van der Waals surface area contributed by atoms with E-state index in [4.69, 9.17) is 0 Å². The molecule has 0 aliphatic heterocycles. The molecule has 0 fully saturated rings. The second-order valence-electron chi connectivity index (χ2n) is 6.62. The van der Waals surface area contributed by atoms with E-state index in [0.29, 0.717) is 5.95 Å². The standard InChI is InChI=1S/C24H19BrN4/c1-17-7-11-20(12-8-17)23-15-22(19-5-3-2-4-6-19)27-24(28-23)29-26-16-18-9-13-21(25)14-10-18/h2-16H,1H3,(H,27,28,29)/b26-16-. The lowest BCUT2D eigenvalue weighted by Crippen LogP contribution is -2.00. The first kappa shape index (κ1) is 19.0. The Bertz CT molecular complexity index is 1120. The molecule has 1 aromatic heterocycles. The van der Waals surface area contributed by atoms with Gasteiger partial charge >= 0.3 is 0 Å². The van der Waals surface area contributed by atoms with Crippen LogP contribution in [0.1, 0.15) is 11.1 Å². The zero-order valence-electron chi connectivity index (χ0n) is 15.9. The van der Waals surface area contributed by atoms with Crippen molar-refractivity contribution in [2.45, 2.75) is 6.92 Å². The Balaban J connectivity index is 1.67. The maximum atomic E-state index is 4.66. The van der Waals surface area contributed by atoms with Crippen LogP contribution in [0.25, 0.3) is 22.5 Å². The molecule has 3 aromatic carbocycles. The lowest BCUT2D eigenvalue weighted by molar-refractivity contribution is 1.13. The molecule has 4 rings (SSSR count). The molecule has 0 amide bonds. The third-order valence-corrected chi connectivity index (χ3v) is 4.92. The number of aromatic nitrogens is 2. The molecule has 0 spiro atoms. The number of hydrogen-bond acceptors (Lipinski definition) is 4. The molecule has 0 saturated carbocycles. The van der Waals surface area contributed by atoms with Crippen molar-refractivity contribution in [3.05, 3.63) is 101 Å². The summed E-state index contributed by atoms with van der Waals surface area (Å²) in [6.07, 6.45) is 1.75. The van der Waals surface area contributed by atoms with E-state index in [9.17, 15) is 0 Å². The van der Waals surface area contributed by atoms with Gasteiger partial charge in [-0.15, -0.1) is 0 Å². The molecule has 0 radical (unpaired) electrons. The number of rotatable bonds is 5. The molecule has 142 valence electrons. The Morgan fingerprint density at radius 3 is 2.07 bits per heavy atom. The van der Waals surface area contributed by atoms with Crippen LogP contribution in [-0.2, 0) is 0 Å². The summed E-state index contributed by atoms with van der Waals surface area (Å²) in [5.41, 5.74) is 8.93. The Hall–Kier alpha value is -3.31. The zero-order valence-corrected chi connectivity index (χ0v) is 17.5. The molecular weight excluding hydrogens is 424 g/mol. The lowest BCUT2D eigenvalue weighted by atomic mass is 10.1. The average Bonchev–Trinajstić information content (AvgIpc) is 2.76. The number of aryl methyl sites for hydroxylation is 1. The van der Waals surface area contributed by atoms with E-state index in [1.807, 2.05) is 60.7 Å². The first-order valence-electron chi connectivity index (χ1n) is 9.23. The van der Waals surface area contributed by atoms with Crippen LogP contribution in [-0.4, -0.2) is 16.2 Å². The molecule has 0 saturated heterocycles. The van der Waals surface area contributed by atoms with E-state index in [0.717, 1.165) is 32.6 Å². The van der Waals surface area contributed by atoms with Gasteiger partial charge in [0.15, 0.2) is 0 Å². The fraction of sp³-hybridized carbons (Fsp3) is 0.0417. The van der Waals surface area contributed by atoms with Gasteiger partial charge in [-0.2, -0.15) is 5.10 Å². The van der Waals surface area contributed by atoms with Crippen molar-refractivity contribution in [1.82, 2.24) is 9.97 Å². The monoisotopic (exact) mass is 442 g/mol. The second-order valence-corrected chi connectivity index (χ2v) is 7.53. The first-order valence-corrected chi connectivity index (χ1v) is 10.0. The van der Waals surface area contributed by atoms with Crippen molar-refractivity contribution in [2.24, 2.45) is 5.10 Å². The van der Waals surface area contributed by atoms with Gasteiger partial charge in [0.05, 0.1) is 17.6 Å². The number of benzene rings is 3. The van der Waals surface area contributed by atoms with Crippen molar-refractivity contribution in [3.8, 4) is 22.5 Å². The van der Waals surface area contributed by atoms with Crippen LogP contribution in [0.4, 0.5) is 5.95 Å². The van der Waals surface area contributed by atoms with Crippen molar-refractivity contribution >= 4 is 28.1 Å². The van der Waals surface area contributed by atoms with E-state index >= 15 is 0 Å². The van der Waals surface area contributed by atoms with Gasteiger partial charge in [0.1, 0.15) is 0 Å². The lowest BCUT2D eigenvalue weighted by Gasteiger charge is -2.08. The highest BCUT2D eigenvalue weighted by molar-refractivity contribution is 9.10. The largest absolute Gasteiger partial charge is 0.245 e. The van der Waals surface area contributed by atoms with E-state index in [-0.39, 0.29) is 0 Å². The summed E-state index contributed by atoms with van der Waals surface area (Å²) in [4.78, 5) is 9.31. The van der Waals surface area contributed by atoms with Crippen molar-refractivity contribution in [1.29, 1.82) is 0 Å². The number of nitrogens with one attached hydrogen (secondary N) is 1. The minimum Gasteiger partial charge on any atom is -0.245 e. The summed E-state index contributed by atoms with van der Waals surface area (Å²) >= 11 is 3.43. The Morgan fingerprint density at radius 1 is 0.793 bits per heavy atom. The minimum absolute atomic E-state index is 0.454. The topological polar surface area (TPSA) is 50.2 Å². The predicted octanol–water partition coefficient (Wildman–Crippen LogP) is 6.33. The highest BCUT2D eigenvalue weighted by Gasteiger charge is 2.08. The third-order valence-electron chi connectivity index (χ3n) is 4.39. The van der Waals surface area contributed by atoms with Crippen LogP contribution >= 0.6 is 15.9 Å². The molecule has 1 N–H and O–H groups in total. The number of nitrogens with zero attached hydrogens (tertiary/aromatic N) is 3. The number of anilines is 1. The third kappa shape index (κ3) is 4.95. The van der Waals surface area contributed by atoms with Gasteiger partial charge in [0.2, 0.25) is 5.95 Å². The van der Waals surface area contributed by atoms with Crippen molar-refractivity contribution in [3.63, 3.8) is 0 Å². The SMILES string of the molecule is Cc1ccc(-c2cc(-c3ccccc3)nc(N/N=C\c3ccc(Br)cc3)n2)cc1. The summed E-state index contributed by atoms with van der Waals surface area (Å²) in [5, 5.41) is 4.31. The quantitative estimate of drug-likeness (QED) is 0.290. The number of hydrogen-bond donors (Lipinski definition) is 1. The van der Waals surface area contributed by atoms with E-state index in [1.54, 1.807) is 6.21 Å². The first-order chi connectivity index (χ1) is 14.2. The molecule has 0 unspecified atom stereocenters. The number of hydrazone groups is 1. The molecule has 5 heteroatoms. The molecule has 0 atom stereocenters. The number of halogens is 1. The highest BCUT2D eigenvalue weighted by Crippen LogP contribution is 2.25. The molecule has 0 bridgehead atoms. The normalized spacial score (nSPS) is 11.0. The van der Waals surface area contributed by atoms with Gasteiger partial charge in [-0.05, 0) is 30.7 Å². The van der Waals surface area contributed by atoms with E-state index < -0.39 is 0 Å². The van der Waals surface area contributed by atoms with Gasteiger partial charge in [-0.1, -0.05) is 88.2 Å². The smallest absolute Gasteiger partial charge is 0.244 e. The second kappa shape index (κ2) is 8.80. The fourth-order valence-corrected chi connectivity index (χ4v) is 3.10. The maximum absolute atomic E-state index is 4.66. The van der Waals surface area contributed by atoms with E-state index in [2.05, 4.69) is 67.6 Å². The molecule has 1 heterocycles. The average molecular weight is 443 g/mol. The maximum Gasteiger partial charge on any atom is 0.244 e. The summed E-state index contributed by atoms with van der Waals surface area (Å²) in [5.74, 6) is 0.454. The summed E-state index contributed by atoms with van der Waals surface area (Å²) in [7, 11) is 0. The minimum atomic E-state index is 0.454. The predicted molar refractivity (Wildman–Crippen MR) is 123 cm³/mol. The van der Waals surface area contributed by atoms with Crippen LogP contribution in [0.15, 0.2) is 94.5 Å². The van der Waals surface area contributed by atoms with Gasteiger partial charge in [0.25, 0.3) is 0 Å². The Labute approximate surface area is 178 Å². The molecule has 4 nitrogen and oxygen atoms in total. The summed E-state index contributed by atoms with van der Waals surface area (Å²) in [6, 6.07) is 28.3. The van der Waals surface area contributed by atoms with Gasteiger partial charge in [-0.25, -0.2) is 15.4 Å². The zero-order chi connectivity index (χ0) is 20.1. The summed E-state index contributed by atoms with van der Waals surface area (Å²) < 4.78 is 1.03. The van der Waals surface area contributed by atoms with Crippen LogP contribution in [0.2, 0.25) is 0 Å². The molecule has 0 aliphatic rings. The van der Waals surface area contributed by atoms with Crippen LogP contribution in [0.5, 0.6) is 0 Å². The van der Waals surface area contributed by atoms with Crippen LogP contribution in [0, 0.1) is 6.92 Å². The molecule has 4 aromatic rings. The van der Waals surface area contributed by atoms with Gasteiger partial charge in [-0.3, -0.25) is 0 Å². The van der Waals surface area contributed by atoms with Gasteiger partial charge in [0, 0.05) is 15.6 Å². The van der Waals surface area contributed by atoms with Crippen molar-refractivity contribution < 1.29 is 0 Å². The van der Waals surface area contributed by atoms with Crippen LogP contribution < -0.4 is 5.43 Å². The highest BCUT2D eigenvalue weighted by atomic mass is 79.9. The molecular formula is C24H19BrN4. The van der Waals surface area contributed by atoms with Crippen LogP contribution in [0.3, 0.4) is 0 Å². The van der Waals surface area contributed by atoms with Crippen molar-refractivity contribution in [2.75, 3.05) is 5.43 Å². The van der Waals surface area contributed by atoms with Gasteiger partial charge < -0.3 is 0 Å².